The van der Waals surface area contributed by atoms with E-state index in [4.69, 9.17) is 0 Å². The Kier molecular flexibility index (Phi) is 5.55. The Bertz CT molecular complexity index is 475. The van der Waals surface area contributed by atoms with Crippen LogP contribution in [0.4, 0.5) is 0 Å². The molecule has 1 N–H and O–H groups in total. The fraction of sp³-hybridized carbons (Fsp3) is 0.438. The van der Waals surface area contributed by atoms with Gasteiger partial charge >= 0.3 is 0 Å². The molecule has 2 aromatic rings. The van der Waals surface area contributed by atoms with Crippen LogP contribution < -0.4 is 5.32 Å². The Balaban J connectivity index is 1.88. The van der Waals surface area contributed by atoms with Crippen molar-refractivity contribution in [3.05, 3.63) is 40.7 Å². The smallest absolute Gasteiger partial charge is 0.107 e. The molecular weight excluding hydrogens is 252 g/mol. The highest BCUT2D eigenvalue weighted by Crippen LogP contribution is 2.21. The third kappa shape index (κ3) is 4.15. The fourth-order valence-corrected chi connectivity index (χ4v) is 2.87. The van der Waals surface area contributed by atoms with Crippen LogP contribution in [0.3, 0.4) is 0 Å². The van der Waals surface area contributed by atoms with Crippen molar-refractivity contribution in [3.8, 4) is 11.3 Å². The molecule has 19 heavy (non-hydrogen) atoms. The molecule has 0 amide bonds. The Morgan fingerprint density at radius 1 is 1.16 bits per heavy atom. The molecule has 0 bridgehead atoms. The Labute approximate surface area is 119 Å². The van der Waals surface area contributed by atoms with E-state index in [1.807, 2.05) is 6.07 Å². The van der Waals surface area contributed by atoms with E-state index in [-0.39, 0.29) is 0 Å². The summed E-state index contributed by atoms with van der Waals surface area (Å²) < 4.78 is 0. The molecule has 2 nitrogen and oxygen atoms in total. The van der Waals surface area contributed by atoms with Crippen LogP contribution >= 0.6 is 11.3 Å². The number of benzene rings is 1. The lowest BCUT2D eigenvalue weighted by Gasteiger charge is -2.12. The predicted octanol–water partition coefficient (Wildman–Crippen LogP) is 4.34. The number of nitrogens with one attached hydrogen (secondary N) is 1. The van der Waals surface area contributed by atoms with E-state index in [2.05, 4.69) is 53.8 Å². The van der Waals surface area contributed by atoms with Crippen molar-refractivity contribution in [1.82, 2.24) is 10.3 Å². The van der Waals surface area contributed by atoms with E-state index in [9.17, 15) is 0 Å². The molecule has 0 unspecified atom stereocenters. The van der Waals surface area contributed by atoms with Crippen molar-refractivity contribution in [2.45, 2.75) is 33.2 Å². The van der Waals surface area contributed by atoms with Crippen LogP contribution in [-0.2, 0) is 6.54 Å². The predicted molar refractivity (Wildman–Crippen MR) is 83.3 cm³/mol. The molecule has 3 heteroatoms. The van der Waals surface area contributed by atoms with Crippen molar-refractivity contribution in [3.63, 3.8) is 0 Å². The summed E-state index contributed by atoms with van der Waals surface area (Å²) in [7, 11) is 0. The minimum Gasteiger partial charge on any atom is -0.310 e. The molecule has 0 fully saturated rings. The lowest BCUT2D eigenvalue weighted by atomic mass is 10.0. The molecule has 0 atom stereocenters. The molecule has 0 aliphatic heterocycles. The summed E-state index contributed by atoms with van der Waals surface area (Å²) in [6.07, 6.45) is 2.49. The van der Waals surface area contributed by atoms with Crippen LogP contribution in [0.5, 0.6) is 0 Å². The van der Waals surface area contributed by atoms with Gasteiger partial charge in [0.1, 0.15) is 5.01 Å². The number of rotatable bonds is 7. The van der Waals surface area contributed by atoms with Gasteiger partial charge in [-0.3, -0.25) is 0 Å². The monoisotopic (exact) mass is 274 g/mol. The van der Waals surface area contributed by atoms with Gasteiger partial charge in [-0.2, -0.15) is 0 Å². The van der Waals surface area contributed by atoms with E-state index in [1.54, 1.807) is 11.3 Å². The van der Waals surface area contributed by atoms with Gasteiger partial charge in [-0.1, -0.05) is 57.0 Å². The second-order valence-corrected chi connectivity index (χ2v) is 5.75. The fourth-order valence-electron chi connectivity index (χ4n) is 2.09. The summed E-state index contributed by atoms with van der Waals surface area (Å²) >= 11 is 1.74. The molecule has 0 aliphatic rings. The summed E-state index contributed by atoms with van der Waals surface area (Å²) in [6, 6.07) is 10.4. The van der Waals surface area contributed by atoms with Gasteiger partial charge in [-0.05, 0) is 12.5 Å². The van der Waals surface area contributed by atoms with Crippen LogP contribution in [-0.4, -0.2) is 11.5 Å². The molecule has 0 aliphatic carbocycles. The Morgan fingerprint density at radius 3 is 2.58 bits per heavy atom. The first kappa shape index (κ1) is 14.2. The van der Waals surface area contributed by atoms with E-state index >= 15 is 0 Å². The molecule has 0 spiro atoms. The molecule has 1 aromatic carbocycles. The van der Waals surface area contributed by atoms with Crippen LogP contribution in [0.25, 0.3) is 11.3 Å². The Hall–Kier alpha value is -1.19. The normalized spacial score (nSPS) is 11.1. The van der Waals surface area contributed by atoms with E-state index in [1.165, 1.54) is 23.4 Å². The highest BCUT2D eigenvalue weighted by atomic mass is 32.1. The largest absolute Gasteiger partial charge is 0.310 e. The van der Waals surface area contributed by atoms with Crippen molar-refractivity contribution in [2.75, 3.05) is 6.54 Å². The van der Waals surface area contributed by atoms with Crippen LogP contribution in [0.1, 0.15) is 31.7 Å². The summed E-state index contributed by atoms with van der Waals surface area (Å²) in [4.78, 5) is 4.69. The molecule has 0 radical (unpaired) electrons. The van der Waals surface area contributed by atoms with Crippen molar-refractivity contribution in [1.29, 1.82) is 0 Å². The Morgan fingerprint density at radius 2 is 1.89 bits per heavy atom. The number of hydrogen-bond donors (Lipinski definition) is 1. The van der Waals surface area contributed by atoms with Crippen molar-refractivity contribution in [2.24, 2.45) is 5.92 Å². The first-order valence-corrected chi connectivity index (χ1v) is 7.92. The van der Waals surface area contributed by atoms with Gasteiger partial charge in [-0.15, -0.1) is 11.3 Å². The number of hydrogen-bond acceptors (Lipinski definition) is 3. The lowest BCUT2D eigenvalue weighted by Crippen LogP contribution is -2.21. The van der Waals surface area contributed by atoms with Gasteiger partial charge in [0.05, 0.1) is 5.69 Å². The molecule has 2 rings (SSSR count). The van der Waals surface area contributed by atoms with Crippen molar-refractivity contribution < 1.29 is 0 Å². The zero-order valence-corrected chi connectivity index (χ0v) is 12.5. The number of thiazole rings is 1. The zero-order valence-electron chi connectivity index (χ0n) is 11.7. The number of aromatic nitrogens is 1. The third-order valence-electron chi connectivity index (χ3n) is 3.49. The average Bonchev–Trinajstić information content (AvgIpc) is 2.93. The van der Waals surface area contributed by atoms with Crippen LogP contribution in [0.15, 0.2) is 35.7 Å². The van der Waals surface area contributed by atoms with Crippen LogP contribution in [0.2, 0.25) is 0 Å². The number of nitrogens with zero attached hydrogens (tertiary/aromatic N) is 1. The molecule has 0 saturated carbocycles. The average molecular weight is 274 g/mol. The minimum absolute atomic E-state index is 0.786. The van der Waals surface area contributed by atoms with E-state index in [0.29, 0.717) is 0 Å². The second-order valence-electron chi connectivity index (χ2n) is 4.81. The summed E-state index contributed by atoms with van der Waals surface area (Å²) in [5, 5.41) is 6.83. The van der Waals surface area contributed by atoms with Gasteiger partial charge in [0.2, 0.25) is 0 Å². The minimum atomic E-state index is 0.786. The van der Waals surface area contributed by atoms with Gasteiger partial charge in [0.15, 0.2) is 0 Å². The molecular formula is C16H22N2S. The summed E-state index contributed by atoms with van der Waals surface area (Å²) in [5.41, 5.74) is 2.29. The lowest BCUT2D eigenvalue weighted by molar-refractivity contribution is 0.449. The quantitative estimate of drug-likeness (QED) is 0.812. The molecule has 1 aromatic heterocycles. The van der Waals surface area contributed by atoms with Gasteiger partial charge in [0, 0.05) is 17.5 Å². The maximum absolute atomic E-state index is 4.69. The first-order chi connectivity index (χ1) is 9.33. The van der Waals surface area contributed by atoms with Gasteiger partial charge in [0.25, 0.3) is 0 Å². The van der Waals surface area contributed by atoms with Crippen LogP contribution in [0, 0.1) is 5.92 Å². The SMILES string of the molecule is CCC(CC)CNCc1nc(-c2ccccc2)cs1. The molecule has 102 valence electrons. The topological polar surface area (TPSA) is 24.9 Å². The zero-order chi connectivity index (χ0) is 13.5. The maximum atomic E-state index is 4.69. The first-order valence-electron chi connectivity index (χ1n) is 7.04. The third-order valence-corrected chi connectivity index (χ3v) is 4.33. The highest BCUT2D eigenvalue weighted by molar-refractivity contribution is 7.09. The van der Waals surface area contributed by atoms with Gasteiger partial charge in [-0.25, -0.2) is 4.98 Å². The highest BCUT2D eigenvalue weighted by Gasteiger charge is 2.06. The van der Waals surface area contributed by atoms with Crippen molar-refractivity contribution >= 4 is 11.3 Å². The molecule has 0 saturated heterocycles. The summed E-state index contributed by atoms with van der Waals surface area (Å²) in [5.74, 6) is 0.786. The molecule has 1 heterocycles. The second kappa shape index (κ2) is 7.41. The standard InChI is InChI=1S/C16H22N2S/c1-3-13(4-2)10-17-11-16-18-15(12-19-16)14-8-6-5-7-9-14/h5-9,12-13,17H,3-4,10-11H2,1-2H3. The van der Waals surface area contributed by atoms with Gasteiger partial charge < -0.3 is 5.32 Å². The summed E-state index contributed by atoms with van der Waals surface area (Å²) in [6.45, 7) is 6.49. The van der Waals surface area contributed by atoms with E-state index < -0.39 is 0 Å². The van der Waals surface area contributed by atoms with E-state index in [0.717, 1.165) is 24.7 Å². The maximum Gasteiger partial charge on any atom is 0.107 e.